The van der Waals surface area contributed by atoms with Gasteiger partial charge in [0, 0.05) is 12.1 Å². The Morgan fingerprint density at radius 3 is 2.29 bits per heavy atom. The number of carbonyl (C=O) groups excluding carboxylic acids is 1. The molecule has 0 amide bonds. The first kappa shape index (κ1) is 21.9. The van der Waals surface area contributed by atoms with Gasteiger partial charge in [-0.1, -0.05) is 44.4 Å². The van der Waals surface area contributed by atoms with E-state index in [0.717, 1.165) is 31.0 Å². The maximum absolute atomic E-state index is 14.3. The van der Waals surface area contributed by atoms with Gasteiger partial charge in [-0.2, -0.15) is 0 Å². The molecule has 0 spiro atoms. The third kappa shape index (κ3) is 5.55. The summed E-state index contributed by atoms with van der Waals surface area (Å²) in [5.74, 6) is -3.64. The molecule has 4 nitrogen and oxygen atoms in total. The number of carbonyl (C=O) groups is 1. The fourth-order valence-corrected chi connectivity index (χ4v) is 2.76. The van der Waals surface area contributed by atoms with Crippen molar-refractivity contribution in [3.8, 4) is 5.75 Å². The Kier molecular flexibility index (Phi) is 7.99. The van der Waals surface area contributed by atoms with Gasteiger partial charge in [0.25, 0.3) is 0 Å². The lowest BCUT2D eigenvalue weighted by atomic mass is 10.00. The molecule has 0 N–H and O–H groups in total. The van der Waals surface area contributed by atoms with Crippen LogP contribution < -0.4 is 4.74 Å². The van der Waals surface area contributed by atoms with Crippen LogP contribution in [0.3, 0.4) is 0 Å². The second-order valence-electron chi connectivity index (χ2n) is 6.17. The van der Waals surface area contributed by atoms with E-state index < -0.39 is 34.8 Å². The Bertz CT molecular complexity index is 831. The highest BCUT2D eigenvalue weighted by molar-refractivity contribution is 6.33. The standard InChI is InChI=1S/C20H20ClF3N2O2/c1-3-5-7-12(4-2)20(27)28-13-10-14(21)18(17(24)11-13)25-26-19-15(22)8-6-9-16(19)23/h6,8-12H,3-5,7H2,1-2H3. The van der Waals surface area contributed by atoms with Crippen molar-refractivity contribution in [2.75, 3.05) is 0 Å². The van der Waals surface area contributed by atoms with E-state index in [2.05, 4.69) is 10.2 Å². The Morgan fingerprint density at radius 1 is 1.07 bits per heavy atom. The number of hydrogen-bond acceptors (Lipinski definition) is 4. The molecule has 0 aliphatic heterocycles. The fourth-order valence-electron chi connectivity index (χ4n) is 2.52. The highest BCUT2D eigenvalue weighted by Gasteiger charge is 2.20. The minimum absolute atomic E-state index is 0.0709. The maximum Gasteiger partial charge on any atom is 0.314 e. The maximum atomic E-state index is 14.3. The third-order valence-electron chi connectivity index (χ3n) is 4.13. The topological polar surface area (TPSA) is 51.0 Å². The fraction of sp³-hybridized carbons (Fsp3) is 0.350. The predicted octanol–water partition coefficient (Wildman–Crippen LogP) is 7.29. The number of azo groups is 1. The summed E-state index contributed by atoms with van der Waals surface area (Å²) in [5, 5.41) is 6.71. The Hall–Kier alpha value is -2.41. The van der Waals surface area contributed by atoms with Crippen molar-refractivity contribution < 1.29 is 22.7 Å². The van der Waals surface area contributed by atoms with Gasteiger partial charge in [0.2, 0.25) is 0 Å². The van der Waals surface area contributed by atoms with Gasteiger partial charge in [-0.15, -0.1) is 10.2 Å². The zero-order valence-electron chi connectivity index (χ0n) is 15.5. The molecule has 0 aliphatic carbocycles. The molecule has 2 aromatic rings. The van der Waals surface area contributed by atoms with Crippen LogP contribution in [0.2, 0.25) is 5.02 Å². The van der Waals surface area contributed by atoms with Gasteiger partial charge in [0.05, 0.1) is 10.9 Å². The van der Waals surface area contributed by atoms with Crippen LogP contribution in [-0.2, 0) is 4.79 Å². The van der Waals surface area contributed by atoms with Crippen molar-refractivity contribution in [2.45, 2.75) is 39.5 Å². The molecule has 2 rings (SSSR count). The summed E-state index contributed by atoms with van der Waals surface area (Å²) in [7, 11) is 0. The zero-order chi connectivity index (χ0) is 20.7. The normalized spacial score (nSPS) is 12.4. The molecule has 0 aliphatic rings. The third-order valence-corrected chi connectivity index (χ3v) is 4.42. The average Bonchev–Trinajstić information content (AvgIpc) is 2.63. The highest BCUT2D eigenvalue weighted by atomic mass is 35.5. The number of halogens is 4. The second-order valence-corrected chi connectivity index (χ2v) is 6.58. The number of esters is 1. The van der Waals surface area contributed by atoms with Crippen molar-refractivity contribution >= 4 is 28.9 Å². The molecule has 0 heterocycles. The van der Waals surface area contributed by atoms with E-state index in [9.17, 15) is 18.0 Å². The van der Waals surface area contributed by atoms with Crippen molar-refractivity contribution in [2.24, 2.45) is 16.1 Å². The Labute approximate surface area is 166 Å². The van der Waals surface area contributed by atoms with E-state index in [1.807, 2.05) is 13.8 Å². The Balaban J connectivity index is 2.21. The molecule has 150 valence electrons. The molecule has 0 saturated carbocycles. The molecule has 2 aromatic carbocycles. The molecule has 0 bridgehead atoms. The van der Waals surface area contributed by atoms with Gasteiger partial charge in [0.1, 0.15) is 11.4 Å². The van der Waals surface area contributed by atoms with Crippen LogP contribution in [-0.4, -0.2) is 5.97 Å². The van der Waals surface area contributed by atoms with Gasteiger partial charge < -0.3 is 4.74 Å². The smallest absolute Gasteiger partial charge is 0.314 e. The van der Waals surface area contributed by atoms with Crippen LogP contribution in [0.4, 0.5) is 24.5 Å². The number of rotatable bonds is 8. The van der Waals surface area contributed by atoms with Crippen molar-refractivity contribution in [1.82, 2.24) is 0 Å². The SMILES string of the molecule is CCCCC(CC)C(=O)Oc1cc(F)c(N=Nc2c(F)cccc2F)c(Cl)c1. The van der Waals surface area contributed by atoms with Crippen LogP contribution in [0.25, 0.3) is 0 Å². The molecule has 0 fully saturated rings. The van der Waals surface area contributed by atoms with E-state index in [1.165, 1.54) is 12.1 Å². The lowest BCUT2D eigenvalue weighted by Crippen LogP contribution is -2.20. The molecule has 28 heavy (non-hydrogen) atoms. The van der Waals surface area contributed by atoms with Crippen LogP contribution in [0.1, 0.15) is 39.5 Å². The summed E-state index contributed by atoms with van der Waals surface area (Å²) in [6, 6.07) is 5.31. The van der Waals surface area contributed by atoms with Gasteiger partial charge in [-0.25, -0.2) is 13.2 Å². The summed E-state index contributed by atoms with van der Waals surface area (Å²) in [4.78, 5) is 12.2. The second kappa shape index (κ2) is 10.2. The number of nitrogens with zero attached hydrogens (tertiary/aromatic N) is 2. The lowest BCUT2D eigenvalue weighted by molar-refractivity contribution is -0.139. The van der Waals surface area contributed by atoms with Gasteiger partial charge in [0.15, 0.2) is 23.1 Å². The summed E-state index contributed by atoms with van der Waals surface area (Å²) < 4.78 is 46.7. The largest absolute Gasteiger partial charge is 0.426 e. The van der Waals surface area contributed by atoms with Gasteiger partial charge in [-0.3, -0.25) is 4.79 Å². The van der Waals surface area contributed by atoms with Crippen molar-refractivity contribution in [1.29, 1.82) is 0 Å². The summed E-state index contributed by atoms with van der Waals surface area (Å²) >= 11 is 5.99. The molecule has 0 aromatic heterocycles. The Morgan fingerprint density at radius 2 is 1.71 bits per heavy atom. The van der Waals surface area contributed by atoms with E-state index in [4.69, 9.17) is 16.3 Å². The minimum atomic E-state index is -0.941. The molecule has 8 heteroatoms. The van der Waals surface area contributed by atoms with Gasteiger partial charge >= 0.3 is 5.97 Å². The first-order chi connectivity index (χ1) is 13.4. The highest BCUT2D eigenvalue weighted by Crippen LogP contribution is 2.35. The molecular weight excluding hydrogens is 393 g/mol. The van der Waals surface area contributed by atoms with E-state index in [1.54, 1.807) is 0 Å². The zero-order valence-corrected chi connectivity index (χ0v) is 16.3. The number of unbranched alkanes of at least 4 members (excludes halogenated alkanes) is 1. The number of hydrogen-bond donors (Lipinski definition) is 0. The molecular formula is C20H20ClF3N2O2. The van der Waals surface area contributed by atoms with Gasteiger partial charge in [-0.05, 0) is 25.0 Å². The summed E-state index contributed by atoms with van der Waals surface area (Å²) in [6.45, 7) is 3.90. The van der Waals surface area contributed by atoms with Crippen molar-refractivity contribution in [3.63, 3.8) is 0 Å². The van der Waals surface area contributed by atoms with E-state index in [0.29, 0.717) is 12.8 Å². The first-order valence-electron chi connectivity index (χ1n) is 8.93. The van der Waals surface area contributed by atoms with E-state index in [-0.39, 0.29) is 16.7 Å². The predicted molar refractivity (Wildman–Crippen MR) is 101 cm³/mol. The quantitative estimate of drug-likeness (QED) is 0.259. The molecule has 1 unspecified atom stereocenters. The van der Waals surface area contributed by atoms with Crippen LogP contribution >= 0.6 is 11.6 Å². The molecule has 1 atom stereocenters. The summed E-state index contributed by atoms with van der Waals surface area (Å²) in [5.41, 5.74) is -1.07. The number of ether oxygens (including phenoxy) is 1. The monoisotopic (exact) mass is 412 g/mol. The van der Waals surface area contributed by atoms with Crippen LogP contribution in [0.5, 0.6) is 5.75 Å². The molecule has 0 radical (unpaired) electrons. The van der Waals surface area contributed by atoms with E-state index >= 15 is 0 Å². The first-order valence-corrected chi connectivity index (χ1v) is 9.31. The van der Waals surface area contributed by atoms with Crippen LogP contribution in [0, 0.1) is 23.4 Å². The summed E-state index contributed by atoms with van der Waals surface area (Å²) in [6.07, 6.45) is 3.12. The minimum Gasteiger partial charge on any atom is -0.426 e. The van der Waals surface area contributed by atoms with Crippen LogP contribution in [0.15, 0.2) is 40.6 Å². The average molecular weight is 413 g/mol. The lowest BCUT2D eigenvalue weighted by Gasteiger charge is -2.14. The van der Waals surface area contributed by atoms with Crippen molar-refractivity contribution in [3.05, 3.63) is 52.8 Å². The number of benzene rings is 2. The molecule has 0 saturated heterocycles.